The minimum atomic E-state index is -0.571. The van der Waals surface area contributed by atoms with E-state index in [1.54, 1.807) is 11.8 Å². The number of benzene rings is 1. The first-order valence-corrected chi connectivity index (χ1v) is 9.36. The number of nitrogens with zero attached hydrogens (tertiary/aromatic N) is 1. The van der Waals surface area contributed by atoms with Gasteiger partial charge in [-0.2, -0.15) is 11.8 Å². The second-order valence-corrected chi connectivity index (χ2v) is 6.68. The zero-order chi connectivity index (χ0) is 17.5. The van der Waals surface area contributed by atoms with Crippen molar-refractivity contribution in [1.29, 1.82) is 0 Å². The molecule has 24 heavy (non-hydrogen) atoms. The highest BCUT2D eigenvalue weighted by atomic mass is 32.2. The van der Waals surface area contributed by atoms with Crippen LogP contribution in [-0.4, -0.2) is 41.6 Å². The molecule has 0 aliphatic carbocycles. The van der Waals surface area contributed by atoms with Gasteiger partial charge in [-0.15, -0.1) is 0 Å². The number of carbonyl (C=O) groups is 2. The monoisotopic (exact) mass is 348 g/mol. The standard InChI is InChI=1S/C18H24N2O3S/c1-13-5-4-6-16-14(13)7-10-20(16)11-8-17(21)19-15(9-12-24-3)18(22)23-2/h4-7,10,15H,8-9,11-12H2,1-3H3,(H,19,21). The van der Waals surface area contributed by atoms with E-state index in [-0.39, 0.29) is 11.9 Å². The van der Waals surface area contributed by atoms with E-state index in [9.17, 15) is 9.59 Å². The molecular weight excluding hydrogens is 324 g/mol. The second-order valence-electron chi connectivity index (χ2n) is 5.69. The lowest BCUT2D eigenvalue weighted by Crippen LogP contribution is -2.42. The van der Waals surface area contributed by atoms with Crippen molar-refractivity contribution in [2.24, 2.45) is 0 Å². The largest absolute Gasteiger partial charge is 0.467 e. The molecule has 0 spiro atoms. The van der Waals surface area contributed by atoms with Crippen LogP contribution in [0.3, 0.4) is 0 Å². The molecule has 130 valence electrons. The zero-order valence-electron chi connectivity index (χ0n) is 14.4. The van der Waals surface area contributed by atoms with Crippen LogP contribution >= 0.6 is 11.8 Å². The maximum atomic E-state index is 12.2. The fourth-order valence-corrected chi connectivity index (χ4v) is 3.16. The lowest BCUT2D eigenvalue weighted by atomic mass is 10.1. The summed E-state index contributed by atoms with van der Waals surface area (Å²) in [5.74, 6) is 0.266. The van der Waals surface area contributed by atoms with E-state index in [4.69, 9.17) is 4.74 Å². The smallest absolute Gasteiger partial charge is 0.328 e. The van der Waals surface area contributed by atoms with E-state index in [1.165, 1.54) is 18.1 Å². The molecule has 1 aromatic carbocycles. The maximum absolute atomic E-state index is 12.2. The summed E-state index contributed by atoms with van der Waals surface area (Å²) in [5, 5.41) is 3.98. The van der Waals surface area contributed by atoms with Crippen LogP contribution in [0.15, 0.2) is 30.5 Å². The Bertz CT molecular complexity index is 711. The SMILES string of the molecule is COC(=O)C(CCSC)NC(=O)CCn1ccc2c(C)cccc21. The van der Waals surface area contributed by atoms with Crippen LogP contribution in [0.5, 0.6) is 0 Å². The molecule has 5 nitrogen and oxygen atoms in total. The number of esters is 1. The summed E-state index contributed by atoms with van der Waals surface area (Å²) in [6.45, 7) is 2.65. The average Bonchev–Trinajstić information content (AvgIpc) is 3.00. The molecule has 0 saturated carbocycles. The molecule has 1 N–H and O–H groups in total. The van der Waals surface area contributed by atoms with Crippen molar-refractivity contribution in [1.82, 2.24) is 9.88 Å². The summed E-state index contributed by atoms with van der Waals surface area (Å²) in [4.78, 5) is 23.9. The Morgan fingerprint density at radius 3 is 2.83 bits per heavy atom. The third kappa shape index (κ3) is 4.54. The topological polar surface area (TPSA) is 60.3 Å². The predicted octanol–water partition coefficient (Wildman–Crippen LogP) is 2.75. The lowest BCUT2D eigenvalue weighted by molar-refractivity contribution is -0.145. The van der Waals surface area contributed by atoms with Gasteiger partial charge in [-0.1, -0.05) is 12.1 Å². The third-order valence-corrected chi connectivity index (χ3v) is 4.69. The number of aryl methyl sites for hydroxylation is 2. The first kappa shape index (κ1) is 18.4. The van der Waals surface area contributed by atoms with Gasteiger partial charge in [-0.05, 0) is 43.0 Å². The van der Waals surface area contributed by atoms with E-state index in [0.29, 0.717) is 19.4 Å². The van der Waals surface area contributed by atoms with Gasteiger partial charge in [0.15, 0.2) is 0 Å². The van der Waals surface area contributed by atoms with Crippen LogP contribution in [0.25, 0.3) is 10.9 Å². The van der Waals surface area contributed by atoms with Crippen molar-refractivity contribution in [2.45, 2.75) is 32.4 Å². The second kappa shape index (κ2) is 8.78. The van der Waals surface area contributed by atoms with Gasteiger partial charge in [0.1, 0.15) is 6.04 Å². The van der Waals surface area contributed by atoms with Crippen LogP contribution in [0.1, 0.15) is 18.4 Å². The van der Waals surface area contributed by atoms with Gasteiger partial charge in [0.25, 0.3) is 0 Å². The molecule has 0 fully saturated rings. The van der Waals surface area contributed by atoms with E-state index < -0.39 is 6.04 Å². The number of thioether (sulfide) groups is 1. The number of hydrogen-bond donors (Lipinski definition) is 1. The summed E-state index contributed by atoms with van der Waals surface area (Å²) >= 11 is 1.64. The summed E-state index contributed by atoms with van der Waals surface area (Å²) in [7, 11) is 1.34. The van der Waals surface area contributed by atoms with Gasteiger partial charge in [0.05, 0.1) is 7.11 Å². The number of hydrogen-bond acceptors (Lipinski definition) is 4. The normalized spacial score (nSPS) is 12.1. The van der Waals surface area contributed by atoms with Crippen LogP contribution in [0, 0.1) is 6.92 Å². The molecule has 1 aromatic heterocycles. The Hall–Kier alpha value is -1.95. The van der Waals surface area contributed by atoms with Gasteiger partial charge in [0.2, 0.25) is 5.91 Å². The Kier molecular flexibility index (Phi) is 6.73. The minimum Gasteiger partial charge on any atom is -0.467 e. The van der Waals surface area contributed by atoms with Crippen LogP contribution in [-0.2, 0) is 20.9 Å². The van der Waals surface area contributed by atoms with Crippen LogP contribution in [0.2, 0.25) is 0 Å². The molecule has 1 atom stereocenters. The number of rotatable bonds is 8. The van der Waals surface area contributed by atoms with Gasteiger partial charge in [-0.25, -0.2) is 4.79 Å². The van der Waals surface area contributed by atoms with Crippen molar-refractivity contribution in [3.63, 3.8) is 0 Å². The minimum absolute atomic E-state index is 0.138. The summed E-state index contributed by atoms with van der Waals surface area (Å²) in [6, 6.07) is 7.64. The van der Waals surface area contributed by atoms with Crippen molar-refractivity contribution >= 4 is 34.5 Å². The number of fused-ring (bicyclic) bond motifs is 1. The number of carbonyl (C=O) groups excluding carboxylic acids is 2. The first-order chi connectivity index (χ1) is 11.6. The van der Waals surface area contributed by atoms with E-state index in [1.807, 2.05) is 18.5 Å². The number of amides is 1. The van der Waals surface area contributed by atoms with Crippen LogP contribution in [0.4, 0.5) is 0 Å². The van der Waals surface area contributed by atoms with Crippen molar-refractivity contribution < 1.29 is 14.3 Å². The molecule has 0 radical (unpaired) electrons. The molecule has 0 bridgehead atoms. The number of aromatic nitrogens is 1. The first-order valence-electron chi connectivity index (χ1n) is 7.97. The molecule has 2 rings (SSSR count). The van der Waals surface area contributed by atoms with E-state index >= 15 is 0 Å². The molecule has 1 amide bonds. The van der Waals surface area contributed by atoms with Crippen LogP contribution < -0.4 is 5.32 Å². The quantitative estimate of drug-likeness (QED) is 0.745. The molecule has 6 heteroatoms. The lowest BCUT2D eigenvalue weighted by Gasteiger charge is -2.16. The van der Waals surface area contributed by atoms with Gasteiger partial charge in [-0.3, -0.25) is 4.79 Å². The highest BCUT2D eigenvalue weighted by molar-refractivity contribution is 7.98. The van der Waals surface area contributed by atoms with Gasteiger partial charge < -0.3 is 14.6 Å². The molecule has 1 unspecified atom stereocenters. The average molecular weight is 348 g/mol. The summed E-state index contributed by atoms with van der Waals surface area (Å²) in [5.41, 5.74) is 2.34. The molecule has 1 heterocycles. The maximum Gasteiger partial charge on any atom is 0.328 e. The number of ether oxygens (including phenoxy) is 1. The third-order valence-electron chi connectivity index (χ3n) is 4.04. The summed E-state index contributed by atoms with van der Waals surface area (Å²) in [6.07, 6.45) is 4.86. The Labute approximate surface area is 146 Å². The Morgan fingerprint density at radius 2 is 2.12 bits per heavy atom. The Morgan fingerprint density at radius 1 is 1.33 bits per heavy atom. The van der Waals surface area contributed by atoms with E-state index in [0.717, 1.165) is 11.3 Å². The molecule has 0 saturated heterocycles. The Balaban J connectivity index is 1.96. The highest BCUT2D eigenvalue weighted by Gasteiger charge is 2.20. The van der Waals surface area contributed by atoms with Gasteiger partial charge in [0, 0.05) is 30.1 Å². The summed E-state index contributed by atoms with van der Waals surface area (Å²) < 4.78 is 6.83. The fraction of sp³-hybridized carbons (Fsp3) is 0.444. The van der Waals surface area contributed by atoms with E-state index in [2.05, 4.69) is 35.0 Å². The number of methoxy groups -OCH3 is 1. The van der Waals surface area contributed by atoms with Crippen molar-refractivity contribution in [3.8, 4) is 0 Å². The molecule has 2 aromatic rings. The molecular formula is C18H24N2O3S. The van der Waals surface area contributed by atoms with Gasteiger partial charge >= 0.3 is 5.97 Å². The highest BCUT2D eigenvalue weighted by Crippen LogP contribution is 2.19. The molecule has 0 aliphatic rings. The molecule has 0 aliphatic heterocycles. The zero-order valence-corrected chi connectivity index (χ0v) is 15.2. The fourth-order valence-electron chi connectivity index (χ4n) is 2.69. The van der Waals surface area contributed by atoms with Crippen molar-refractivity contribution in [3.05, 3.63) is 36.0 Å². The van der Waals surface area contributed by atoms with Crippen molar-refractivity contribution in [2.75, 3.05) is 19.1 Å². The number of nitrogens with one attached hydrogen (secondary N) is 1. The predicted molar refractivity (Wildman–Crippen MR) is 98.2 cm³/mol.